The van der Waals surface area contributed by atoms with Gasteiger partial charge in [-0.2, -0.15) is 0 Å². The van der Waals surface area contributed by atoms with E-state index in [-0.39, 0.29) is 5.69 Å². The van der Waals surface area contributed by atoms with Crippen molar-refractivity contribution in [1.29, 1.82) is 0 Å². The maximum Gasteiger partial charge on any atom is 0.355 e. The molecule has 0 amide bonds. The van der Waals surface area contributed by atoms with Gasteiger partial charge in [-0.15, -0.1) is 0 Å². The van der Waals surface area contributed by atoms with E-state index in [1.807, 2.05) is 6.07 Å². The van der Waals surface area contributed by atoms with Gasteiger partial charge < -0.3 is 23.7 Å². The average Bonchev–Trinajstić information content (AvgIpc) is 2.91. The van der Waals surface area contributed by atoms with Crippen LogP contribution in [0.1, 0.15) is 10.5 Å². The molecule has 0 saturated carbocycles. The summed E-state index contributed by atoms with van der Waals surface area (Å²) < 4.78 is 28.6. The van der Waals surface area contributed by atoms with Gasteiger partial charge in [0.25, 0.3) is 5.56 Å². The van der Waals surface area contributed by atoms with E-state index in [4.69, 9.17) is 23.7 Å². The molecular weight excluding hydrogens is 450 g/mol. The number of ether oxygens (including phenoxy) is 5. The second-order valence-corrected chi connectivity index (χ2v) is 7.49. The lowest BCUT2D eigenvalue weighted by atomic mass is 9.95. The molecule has 0 saturated heterocycles. The van der Waals surface area contributed by atoms with Crippen molar-refractivity contribution in [2.24, 2.45) is 0 Å². The van der Waals surface area contributed by atoms with Gasteiger partial charge in [0.05, 0.1) is 40.9 Å². The Kier molecular flexibility index (Phi) is 6.64. The van der Waals surface area contributed by atoms with E-state index in [0.29, 0.717) is 50.6 Å². The number of hydrogen-bond acceptors (Lipinski definition) is 7. The number of carbonyl (C=O) groups excluding carboxylic acids is 1. The van der Waals surface area contributed by atoms with Gasteiger partial charge in [0.2, 0.25) is 5.75 Å². The summed E-state index contributed by atoms with van der Waals surface area (Å²) in [5.41, 5.74) is 1.15. The highest BCUT2D eigenvalue weighted by molar-refractivity contribution is 6.09. The zero-order valence-corrected chi connectivity index (χ0v) is 20.1. The molecule has 0 aliphatic carbocycles. The van der Waals surface area contributed by atoms with E-state index in [2.05, 4.69) is 0 Å². The second kappa shape index (κ2) is 9.80. The highest BCUT2D eigenvalue weighted by Crippen LogP contribution is 2.44. The van der Waals surface area contributed by atoms with Crippen molar-refractivity contribution in [1.82, 2.24) is 4.57 Å². The number of aromatic nitrogens is 1. The van der Waals surface area contributed by atoms with Crippen LogP contribution in [0.2, 0.25) is 0 Å². The molecule has 35 heavy (non-hydrogen) atoms. The first-order valence-corrected chi connectivity index (χ1v) is 10.7. The third-order valence-corrected chi connectivity index (χ3v) is 5.74. The van der Waals surface area contributed by atoms with Gasteiger partial charge in [-0.25, -0.2) is 4.79 Å². The molecule has 0 spiro atoms. The molecule has 1 aromatic heterocycles. The van der Waals surface area contributed by atoms with Gasteiger partial charge in [0, 0.05) is 16.6 Å². The number of carbonyl (C=O) groups is 1. The van der Waals surface area contributed by atoms with Crippen LogP contribution < -0.4 is 24.5 Å². The molecule has 4 aromatic rings. The normalized spacial score (nSPS) is 10.7. The zero-order valence-electron chi connectivity index (χ0n) is 20.1. The van der Waals surface area contributed by atoms with Crippen LogP contribution in [-0.4, -0.2) is 46.1 Å². The van der Waals surface area contributed by atoms with Crippen LogP contribution in [-0.2, 0) is 4.74 Å². The Morgan fingerprint density at radius 1 is 0.743 bits per heavy atom. The molecule has 0 aliphatic rings. The van der Waals surface area contributed by atoms with Crippen LogP contribution in [0.3, 0.4) is 0 Å². The van der Waals surface area contributed by atoms with Crippen molar-refractivity contribution in [2.45, 2.75) is 0 Å². The van der Waals surface area contributed by atoms with Crippen LogP contribution in [0.15, 0.2) is 65.5 Å². The van der Waals surface area contributed by atoms with Crippen LogP contribution in [0.4, 0.5) is 0 Å². The molecule has 0 N–H and O–H groups in total. The van der Waals surface area contributed by atoms with Crippen LogP contribution in [0.5, 0.6) is 23.0 Å². The Balaban J connectivity index is 2.29. The van der Waals surface area contributed by atoms with E-state index in [9.17, 15) is 9.59 Å². The number of benzene rings is 3. The largest absolute Gasteiger partial charge is 0.496 e. The van der Waals surface area contributed by atoms with Crippen LogP contribution >= 0.6 is 0 Å². The number of nitrogens with zero attached hydrogens (tertiary/aromatic N) is 1. The Bertz CT molecular complexity index is 1430. The molecule has 0 atom stereocenters. The minimum Gasteiger partial charge on any atom is -0.496 e. The smallest absolute Gasteiger partial charge is 0.355 e. The van der Waals surface area contributed by atoms with Gasteiger partial charge in [-0.1, -0.05) is 30.3 Å². The summed E-state index contributed by atoms with van der Waals surface area (Å²) in [6.07, 6.45) is 0. The van der Waals surface area contributed by atoms with Gasteiger partial charge in [-0.3, -0.25) is 9.36 Å². The minimum atomic E-state index is -0.681. The summed E-state index contributed by atoms with van der Waals surface area (Å²) in [7, 11) is 7.30. The molecule has 180 valence electrons. The molecule has 4 rings (SSSR count). The van der Waals surface area contributed by atoms with Gasteiger partial charge >= 0.3 is 5.97 Å². The first kappa shape index (κ1) is 23.7. The Morgan fingerprint density at radius 3 is 1.91 bits per heavy atom. The van der Waals surface area contributed by atoms with Crippen molar-refractivity contribution in [2.75, 3.05) is 35.5 Å². The van der Waals surface area contributed by atoms with Gasteiger partial charge in [-0.05, 0) is 35.9 Å². The van der Waals surface area contributed by atoms with Crippen LogP contribution in [0.25, 0.3) is 27.6 Å². The topological polar surface area (TPSA) is 85.2 Å². The standard InChI is InChI=1S/C27H25NO7/c1-31-19-13-9-12-18-22(16-14-20(32-2)25(34-4)21(15-16)33-3)24(27(30)35-5)28(26(29)23(18)19)17-10-7-6-8-11-17/h6-15H,1-5H3. The highest BCUT2D eigenvalue weighted by atomic mass is 16.5. The van der Waals surface area contributed by atoms with E-state index < -0.39 is 11.5 Å². The molecule has 0 fully saturated rings. The maximum atomic E-state index is 13.9. The molecule has 0 aliphatic heterocycles. The lowest BCUT2D eigenvalue weighted by Gasteiger charge is -2.21. The minimum absolute atomic E-state index is 0.0544. The predicted octanol–water partition coefficient (Wildman–Crippen LogP) is 4.48. The summed E-state index contributed by atoms with van der Waals surface area (Å²) in [5, 5.41) is 0.825. The number of rotatable bonds is 7. The molecule has 0 unspecified atom stereocenters. The fourth-order valence-electron chi connectivity index (χ4n) is 4.21. The molecule has 0 radical (unpaired) electrons. The number of fused-ring (bicyclic) bond motifs is 1. The maximum absolute atomic E-state index is 13.9. The summed E-state index contributed by atoms with van der Waals surface area (Å²) in [4.78, 5) is 27.2. The number of methoxy groups -OCH3 is 5. The second-order valence-electron chi connectivity index (χ2n) is 7.49. The van der Waals surface area contributed by atoms with E-state index >= 15 is 0 Å². The average molecular weight is 475 g/mol. The van der Waals surface area contributed by atoms with E-state index in [1.165, 1.54) is 40.1 Å². The summed E-state index contributed by atoms with van der Waals surface area (Å²) in [5.74, 6) is 0.885. The Hall–Kier alpha value is -4.46. The SMILES string of the molecule is COC(=O)c1c(-c2cc(OC)c(OC)c(OC)c2)c2cccc(OC)c2c(=O)n1-c1ccccc1. The molecule has 8 nitrogen and oxygen atoms in total. The Morgan fingerprint density at radius 2 is 1.37 bits per heavy atom. The van der Waals surface area contributed by atoms with Crippen molar-refractivity contribution in [3.8, 4) is 39.8 Å². The lowest BCUT2D eigenvalue weighted by molar-refractivity contribution is 0.0591. The van der Waals surface area contributed by atoms with Gasteiger partial charge in [0.15, 0.2) is 11.5 Å². The van der Waals surface area contributed by atoms with Gasteiger partial charge in [0.1, 0.15) is 11.4 Å². The first-order chi connectivity index (χ1) is 17.0. The summed E-state index contributed by atoms with van der Waals surface area (Å²) in [6.45, 7) is 0. The van der Waals surface area contributed by atoms with Crippen molar-refractivity contribution >= 4 is 16.7 Å². The van der Waals surface area contributed by atoms with Crippen LogP contribution in [0, 0.1) is 0 Å². The first-order valence-electron chi connectivity index (χ1n) is 10.7. The third-order valence-electron chi connectivity index (χ3n) is 5.74. The summed E-state index contributed by atoms with van der Waals surface area (Å²) >= 11 is 0. The highest BCUT2D eigenvalue weighted by Gasteiger charge is 2.28. The lowest BCUT2D eigenvalue weighted by Crippen LogP contribution is -2.27. The third kappa shape index (κ3) is 3.93. The molecular formula is C27H25NO7. The Labute approximate surface area is 202 Å². The number of hydrogen-bond donors (Lipinski definition) is 0. The fraction of sp³-hybridized carbons (Fsp3) is 0.185. The van der Waals surface area contributed by atoms with E-state index in [1.54, 1.807) is 54.6 Å². The number of esters is 1. The molecule has 3 aromatic carbocycles. The number of para-hydroxylation sites is 1. The molecule has 0 bridgehead atoms. The van der Waals surface area contributed by atoms with Crippen molar-refractivity contribution in [3.05, 3.63) is 76.7 Å². The fourth-order valence-corrected chi connectivity index (χ4v) is 4.21. The van der Waals surface area contributed by atoms with Crippen molar-refractivity contribution in [3.63, 3.8) is 0 Å². The van der Waals surface area contributed by atoms with E-state index in [0.717, 1.165) is 0 Å². The quantitative estimate of drug-likeness (QED) is 0.364. The predicted molar refractivity (Wildman–Crippen MR) is 133 cm³/mol. The molecule has 1 heterocycles. The summed E-state index contributed by atoms with van der Waals surface area (Å²) in [6, 6.07) is 17.6. The number of pyridine rings is 1. The van der Waals surface area contributed by atoms with Crippen molar-refractivity contribution < 1.29 is 28.5 Å². The zero-order chi connectivity index (χ0) is 25.1. The monoisotopic (exact) mass is 475 g/mol. The molecule has 8 heteroatoms.